The van der Waals surface area contributed by atoms with Crippen LogP contribution >= 0.6 is 0 Å². The van der Waals surface area contributed by atoms with Crippen LogP contribution in [0.15, 0.2) is 24.0 Å². The number of hydrogen-bond donors (Lipinski definition) is 1. The monoisotopic (exact) mass is 108 g/mol. The Kier molecular flexibility index (Phi) is 1.16. The standard InChI is InChI=1S/C6H6NO/c7-5-3-1-2-4-6(5)8/h1-2,4,7H,3H2. The fourth-order valence-corrected chi connectivity index (χ4v) is 0.543. The topological polar surface area (TPSA) is 43.8 Å². The molecule has 41 valence electrons. The van der Waals surface area contributed by atoms with E-state index in [0.29, 0.717) is 6.42 Å². The number of hydrogen-bond acceptors (Lipinski definition) is 1. The molecule has 0 aromatic rings. The molecule has 0 aliphatic heterocycles. The van der Waals surface area contributed by atoms with E-state index in [1.165, 1.54) is 6.08 Å². The van der Waals surface area contributed by atoms with Crippen molar-refractivity contribution in [1.29, 1.82) is 5.41 Å². The molecule has 0 fully saturated rings. The van der Waals surface area contributed by atoms with Crippen LogP contribution in [0.2, 0.25) is 0 Å². The van der Waals surface area contributed by atoms with Crippen molar-refractivity contribution in [2.45, 2.75) is 6.42 Å². The van der Waals surface area contributed by atoms with Crippen LogP contribution in [0.3, 0.4) is 0 Å². The molecule has 1 radical (unpaired) electrons. The van der Waals surface area contributed by atoms with E-state index in [1.807, 2.05) is 0 Å². The molecule has 2 heteroatoms. The predicted molar refractivity (Wildman–Crippen MR) is 30.3 cm³/mol. The first-order valence-corrected chi connectivity index (χ1v) is 2.42. The van der Waals surface area contributed by atoms with E-state index >= 15 is 0 Å². The van der Waals surface area contributed by atoms with Gasteiger partial charge in [-0.25, -0.2) is 0 Å². The summed E-state index contributed by atoms with van der Waals surface area (Å²) in [6, 6.07) is 0. The van der Waals surface area contributed by atoms with Crippen molar-refractivity contribution in [3.8, 4) is 0 Å². The second kappa shape index (κ2) is 1.82. The molecule has 0 aromatic carbocycles. The molecular weight excluding hydrogens is 102 g/mol. The van der Waals surface area contributed by atoms with Gasteiger partial charge in [0.2, 0.25) is 0 Å². The van der Waals surface area contributed by atoms with E-state index < -0.39 is 0 Å². The minimum Gasteiger partial charge on any atom is -0.301 e. The Hall–Kier alpha value is -1.05. The molecule has 1 N–H and O–H groups in total. The maximum atomic E-state index is 10.5. The lowest BCUT2D eigenvalue weighted by atomic mass is 10.1. The summed E-state index contributed by atoms with van der Waals surface area (Å²) in [6.07, 6.45) is 5.38. The maximum absolute atomic E-state index is 10.5. The van der Waals surface area contributed by atoms with Gasteiger partial charge >= 0.3 is 0 Å². The van der Waals surface area contributed by atoms with Crippen molar-refractivity contribution < 1.29 is 5.11 Å². The smallest absolute Gasteiger partial charge is 0.199 e. The first-order valence-electron chi connectivity index (χ1n) is 2.42. The van der Waals surface area contributed by atoms with Gasteiger partial charge in [0.15, 0.2) is 5.76 Å². The fourth-order valence-electron chi connectivity index (χ4n) is 0.543. The highest BCUT2D eigenvalue weighted by Crippen LogP contribution is 2.03. The van der Waals surface area contributed by atoms with Crippen LogP contribution in [0.1, 0.15) is 6.42 Å². The Morgan fingerprint density at radius 1 is 1.62 bits per heavy atom. The fraction of sp³-hybridized carbons (Fsp3) is 0.167. The van der Waals surface area contributed by atoms with Crippen molar-refractivity contribution in [2.24, 2.45) is 0 Å². The highest BCUT2D eigenvalue weighted by atomic mass is 16.3. The Balaban J connectivity index is 2.80. The highest BCUT2D eigenvalue weighted by Gasteiger charge is 2.04. The Morgan fingerprint density at radius 2 is 2.38 bits per heavy atom. The lowest BCUT2D eigenvalue weighted by molar-refractivity contribution is 0.323. The van der Waals surface area contributed by atoms with Crippen molar-refractivity contribution >= 4 is 5.71 Å². The SMILES string of the molecule is N=C1CC=CC=C1[O]. The van der Waals surface area contributed by atoms with Crippen molar-refractivity contribution in [2.75, 3.05) is 0 Å². The highest BCUT2D eigenvalue weighted by molar-refractivity contribution is 5.97. The van der Waals surface area contributed by atoms with E-state index in [2.05, 4.69) is 0 Å². The summed E-state index contributed by atoms with van der Waals surface area (Å²) < 4.78 is 0. The average Bonchev–Trinajstić information content (AvgIpc) is 1.77. The second-order valence-electron chi connectivity index (χ2n) is 1.64. The van der Waals surface area contributed by atoms with Crippen molar-refractivity contribution in [3.05, 3.63) is 24.0 Å². The third-order valence-corrected chi connectivity index (χ3v) is 1.00. The van der Waals surface area contributed by atoms with Crippen LogP contribution in [0, 0.1) is 5.41 Å². The van der Waals surface area contributed by atoms with Crippen molar-refractivity contribution in [1.82, 2.24) is 0 Å². The van der Waals surface area contributed by atoms with Crippen LogP contribution in [-0.2, 0) is 5.11 Å². The van der Waals surface area contributed by atoms with Crippen LogP contribution in [0.25, 0.3) is 0 Å². The largest absolute Gasteiger partial charge is 0.301 e. The molecule has 0 aromatic heterocycles. The van der Waals surface area contributed by atoms with E-state index in [-0.39, 0.29) is 11.5 Å². The van der Waals surface area contributed by atoms with Gasteiger partial charge in [-0.3, -0.25) is 5.11 Å². The molecule has 0 saturated carbocycles. The summed E-state index contributed by atoms with van der Waals surface area (Å²) in [4.78, 5) is 0. The summed E-state index contributed by atoms with van der Waals surface area (Å²) in [5.74, 6) is -0.160. The normalized spacial score (nSPS) is 18.5. The van der Waals surface area contributed by atoms with Gasteiger partial charge in [0.1, 0.15) is 0 Å². The molecule has 1 rings (SSSR count). The summed E-state index contributed by atoms with van der Waals surface area (Å²) >= 11 is 0. The molecule has 0 amide bonds. The predicted octanol–water partition coefficient (Wildman–Crippen LogP) is 1.28. The quantitative estimate of drug-likeness (QED) is 0.485. The lowest BCUT2D eigenvalue weighted by Crippen LogP contribution is -1.99. The molecule has 0 bridgehead atoms. The molecule has 1 aliphatic rings. The molecule has 0 unspecified atom stereocenters. The molecule has 2 nitrogen and oxygen atoms in total. The van der Waals surface area contributed by atoms with Crippen LogP contribution < -0.4 is 0 Å². The molecule has 1 aliphatic carbocycles. The zero-order valence-corrected chi connectivity index (χ0v) is 4.35. The van der Waals surface area contributed by atoms with Crippen LogP contribution in [-0.4, -0.2) is 5.71 Å². The minimum absolute atomic E-state index is 0.160. The molecule has 0 spiro atoms. The van der Waals surface area contributed by atoms with Gasteiger partial charge in [-0.15, -0.1) is 0 Å². The van der Waals surface area contributed by atoms with Gasteiger partial charge in [-0.05, 0) is 6.08 Å². The summed E-state index contributed by atoms with van der Waals surface area (Å²) in [5, 5.41) is 17.4. The molecule has 0 atom stereocenters. The van der Waals surface area contributed by atoms with Crippen LogP contribution in [0.4, 0.5) is 0 Å². The number of nitrogens with one attached hydrogen (secondary N) is 1. The first kappa shape index (κ1) is 5.09. The summed E-state index contributed by atoms with van der Waals surface area (Å²) in [5.41, 5.74) is 0.188. The zero-order chi connectivity index (χ0) is 5.98. The van der Waals surface area contributed by atoms with E-state index in [4.69, 9.17) is 5.41 Å². The van der Waals surface area contributed by atoms with E-state index in [9.17, 15) is 5.11 Å². The Bertz CT molecular complexity index is 167. The maximum Gasteiger partial charge on any atom is 0.199 e. The average molecular weight is 108 g/mol. The molecule has 0 saturated heterocycles. The third kappa shape index (κ3) is 0.780. The van der Waals surface area contributed by atoms with Gasteiger partial charge < -0.3 is 5.41 Å². The van der Waals surface area contributed by atoms with Gasteiger partial charge in [0.25, 0.3) is 0 Å². The lowest BCUT2D eigenvalue weighted by Gasteiger charge is -1.97. The van der Waals surface area contributed by atoms with Gasteiger partial charge in [0, 0.05) is 6.42 Å². The van der Waals surface area contributed by atoms with Gasteiger partial charge in [-0.2, -0.15) is 0 Å². The Labute approximate surface area is 47.7 Å². The summed E-state index contributed by atoms with van der Waals surface area (Å²) in [6.45, 7) is 0. The summed E-state index contributed by atoms with van der Waals surface area (Å²) in [7, 11) is 0. The molecule has 8 heavy (non-hydrogen) atoms. The van der Waals surface area contributed by atoms with Crippen molar-refractivity contribution in [3.63, 3.8) is 0 Å². The number of rotatable bonds is 0. The molecular formula is C6H6NO. The van der Waals surface area contributed by atoms with Crippen LogP contribution in [0.5, 0.6) is 0 Å². The third-order valence-electron chi connectivity index (χ3n) is 1.00. The minimum atomic E-state index is -0.160. The second-order valence-corrected chi connectivity index (χ2v) is 1.64. The Morgan fingerprint density at radius 3 is 2.75 bits per heavy atom. The molecule has 0 heterocycles. The van der Waals surface area contributed by atoms with E-state index in [0.717, 1.165) is 0 Å². The first-order chi connectivity index (χ1) is 3.80. The van der Waals surface area contributed by atoms with Gasteiger partial charge in [-0.1, -0.05) is 12.2 Å². The number of allylic oxidation sites excluding steroid dienone is 4. The van der Waals surface area contributed by atoms with Gasteiger partial charge in [0.05, 0.1) is 5.71 Å². The van der Waals surface area contributed by atoms with E-state index in [1.54, 1.807) is 12.2 Å². The zero-order valence-electron chi connectivity index (χ0n) is 4.35.